The Morgan fingerprint density at radius 3 is 2.91 bits per heavy atom. The molecule has 1 aliphatic rings. The summed E-state index contributed by atoms with van der Waals surface area (Å²) in [5, 5.41) is 3.30. The summed E-state index contributed by atoms with van der Waals surface area (Å²) in [6, 6.07) is 10.1. The van der Waals surface area contributed by atoms with Gasteiger partial charge in [0.15, 0.2) is 0 Å². The van der Waals surface area contributed by atoms with Gasteiger partial charge < -0.3 is 15.0 Å². The Morgan fingerprint density at radius 1 is 1.35 bits per heavy atom. The van der Waals surface area contributed by atoms with Crippen molar-refractivity contribution in [3.05, 3.63) is 42.1 Å². The molecule has 0 saturated carbocycles. The highest BCUT2D eigenvalue weighted by atomic mass is 16.5. The zero-order chi connectivity index (χ0) is 16.1. The molecule has 1 saturated heterocycles. The fourth-order valence-electron chi connectivity index (χ4n) is 2.68. The molecule has 5 nitrogen and oxygen atoms in total. The van der Waals surface area contributed by atoms with Crippen LogP contribution >= 0.6 is 0 Å². The Morgan fingerprint density at radius 2 is 2.17 bits per heavy atom. The molecule has 5 heteroatoms. The smallest absolute Gasteiger partial charge is 0.226 e. The van der Waals surface area contributed by atoms with E-state index in [1.807, 2.05) is 6.07 Å². The van der Waals surface area contributed by atoms with E-state index in [9.17, 15) is 0 Å². The first-order valence-corrected chi connectivity index (χ1v) is 7.66. The van der Waals surface area contributed by atoms with Crippen molar-refractivity contribution in [2.75, 3.05) is 31.6 Å². The van der Waals surface area contributed by atoms with E-state index in [2.05, 4.69) is 45.4 Å². The van der Waals surface area contributed by atoms with E-state index in [1.54, 1.807) is 13.3 Å². The largest absolute Gasteiger partial charge is 0.380 e. The number of terminal acetylenes is 1. The van der Waals surface area contributed by atoms with E-state index < -0.39 is 0 Å². The second-order valence-electron chi connectivity index (χ2n) is 5.45. The average Bonchev–Trinajstić information content (AvgIpc) is 2.63. The first-order valence-electron chi connectivity index (χ1n) is 7.66. The molecule has 118 valence electrons. The minimum atomic E-state index is -0.0110. The van der Waals surface area contributed by atoms with E-state index >= 15 is 0 Å². The molecule has 0 radical (unpaired) electrons. The predicted molar refractivity (Wildman–Crippen MR) is 91.0 cm³/mol. The van der Waals surface area contributed by atoms with Gasteiger partial charge in [0.1, 0.15) is 6.04 Å². The summed E-state index contributed by atoms with van der Waals surface area (Å²) in [5.74, 6) is 3.49. The summed E-state index contributed by atoms with van der Waals surface area (Å²) < 4.78 is 5.14. The molecule has 1 N–H and O–H groups in total. The first-order chi connectivity index (χ1) is 11.3. The fourth-order valence-corrected chi connectivity index (χ4v) is 2.68. The zero-order valence-electron chi connectivity index (χ0n) is 13.2. The van der Waals surface area contributed by atoms with Crippen LogP contribution in [0.4, 0.5) is 5.95 Å². The molecular weight excluding hydrogens is 288 g/mol. The molecule has 3 rings (SSSR count). The van der Waals surface area contributed by atoms with E-state index in [0.717, 1.165) is 36.5 Å². The van der Waals surface area contributed by atoms with Gasteiger partial charge in [-0.3, -0.25) is 0 Å². The van der Waals surface area contributed by atoms with Gasteiger partial charge in [-0.05, 0) is 11.6 Å². The molecule has 2 heterocycles. The molecule has 0 bridgehead atoms. The summed E-state index contributed by atoms with van der Waals surface area (Å²) in [6.45, 7) is 3.07. The van der Waals surface area contributed by atoms with Gasteiger partial charge >= 0.3 is 0 Å². The lowest BCUT2D eigenvalue weighted by Crippen LogP contribution is -2.51. The van der Waals surface area contributed by atoms with Crippen molar-refractivity contribution in [1.82, 2.24) is 15.3 Å². The van der Waals surface area contributed by atoms with Gasteiger partial charge in [0.25, 0.3) is 0 Å². The van der Waals surface area contributed by atoms with Gasteiger partial charge in [-0.25, -0.2) is 9.97 Å². The van der Waals surface area contributed by atoms with E-state index in [4.69, 9.17) is 16.1 Å². The molecule has 1 atom stereocenters. The lowest BCUT2D eigenvalue weighted by molar-refractivity contribution is 0.185. The molecule has 1 fully saturated rings. The average molecular weight is 308 g/mol. The Bertz CT molecular complexity index is 693. The SMILES string of the molecule is C#CC1CNCCN1c1nccc(-c2ccc(COC)cc2)n1. The summed E-state index contributed by atoms with van der Waals surface area (Å²) in [4.78, 5) is 11.2. The highest BCUT2D eigenvalue weighted by Gasteiger charge is 2.22. The monoisotopic (exact) mass is 308 g/mol. The highest BCUT2D eigenvalue weighted by Crippen LogP contribution is 2.21. The number of rotatable bonds is 4. The van der Waals surface area contributed by atoms with Gasteiger partial charge in [-0.2, -0.15) is 0 Å². The van der Waals surface area contributed by atoms with E-state index in [1.165, 1.54) is 0 Å². The second-order valence-corrected chi connectivity index (χ2v) is 5.45. The minimum absolute atomic E-state index is 0.0110. The van der Waals surface area contributed by atoms with Crippen LogP contribution in [0.3, 0.4) is 0 Å². The van der Waals surface area contributed by atoms with Crippen LogP contribution in [0, 0.1) is 12.3 Å². The van der Waals surface area contributed by atoms with Crippen molar-refractivity contribution < 1.29 is 4.74 Å². The summed E-state index contributed by atoms with van der Waals surface area (Å²) in [7, 11) is 1.69. The van der Waals surface area contributed by atoms with Gasteiger partial charge in [0, 0.05) is 38.5 Å². The van der Waals surface area contributed by atoms with Gasteiger partial charge in [-0.1, -0.05) is 30.2 Å². The number of aromatic nitrogens is 2. The Balaban J connectivity index is 1.86. The maximum atomic E-state index is 5.63. The molecule has 1 unspecified atom stereocenters. The number of methoxy groups -OCH3 is 1. The molecule has 0 aliphatic carbocycles. The third-order valence-electron chi connectivity index (χ3n) is 3.90. The quantitative estimate of drug-likeness (QED) is 0.871. The fraction of sp³-hybridized carbons (Fsp3) is 0.333. The number of hydrogen-bond donors (Lipinski definition) is 1. The summed E-state index contributed by atoms with van der Waals surface area (Å²) in [5.41, 5.74) is 3.09. The Kier molecular flexibility index (Phi) is 4.86. The van der Waals surface area contributed by atoms with Crippen LogP contribution in [0.15, 0.2) is 36.5 Å². The molecule has 23 heavy (non-hydrogen) atoms. The van der Waals surface area contributed by atoms with Crippen LogP contribution in [0.1, 0.15) is 5.56 Å². The van der Waals surface area contributed by atoms with Crippen molar-refractivity contribution in [1.29, 1.82) is 0 Å². The molecular formula is C18H20N4O. The summed E-state index contributed by atoms with van der Waals surface area (Å²) in [6.07, 6.45) is 7.41. The second kappa shape index (κ2) is 7.23. The summed E-state index contributed by atoms with van der Waals surface area (Å²) >= 11 is 0. The third kappa shape index (κ3) is 3.50. The number of hydrogen-bond acceptors (Lipinski definition) is 5. The molecule has 2 aromatic rings. The standard InChI is InChI=1S/C18H20N4O/c1-3-16-12-19-10-11-22(16)18-20-9-8-17(21-18)15-6-4-14(5-7-15)13-23-2/h1,4-9,16,19H,10-13H2,2H3. The highest BCUT2D eigenvalue weighted by molar-refractivity contribution is 5.60. The van der Waals surface area contributed by atoms with E-state index in [-0.39, 0.29) is 6.04 Å². The lowest BCUT2D eigenvalue weighted by atomic mass is 10.1. The van der Waals surface area contributed by atoms with Crippen LogP contribution in [-0.4, -0.2) is 42.8 Å². The topological polar surface area (TPSA) is 50.3 Å². The molecule has 0 amide bonds. The number of ether oxygens (including phenoxy) is 1. The number of nitrogens with zero attached hydrogens (tertiary/aromatic N) is 3. The van der Waals surface area contributed by atoms with Crippen LogP contribution in [-0.2, 0) is 11.3 Å². The lowest BCUT2D eigenvalue weighted by Gasteiger charge is -2.33. The molecule has 1 aromatic carbocycles. The maximum absolute atomic E-state index is 5.63. The van der Waals surface area contributed by atoms with Gasteiger partial charge in [0.2, 0.25) is 5.95 Å². The zero-order valence-corrected chi connectivity index (χ0v) is 13.2. The molecule has 1 aromatic heterocycles. The maximum Gasteiger partial charge on any atom is 0.226 e. The Hall–Kier alpha value is -2.42. The van der Waals surface area contributed by atoms with Gasteiger partial charge in [0.05, 0.1) is 12.3 Å². The molecule has 0 spiro atoms. The number of piperazine rings is 1. The van der Waals surface area contributed by atoms with Crippen LogP contribution in [0.25, 0.3) is 11.3 Å². The Labute approximate surface area is 136 Å². The van der Waals surface area contributed by atoms with Crippen molar-refractivity contribution in [2.24, 2.45) is 0 Å². The van der Waals surface area contributed by atoms with Crippen molar-refractivity contribution >= 4 is 5.95 Å². The first kappa shape index (κ1) is 15.5. The normalized spacial score (nSPS) is 17.7. The van der Waals surface area contributed by atoms with Crippen molar-refractivity contribution in [3.8, 4) is 23.6 Å². The minimum Gasteiger partial charge on any atom is -0.380 e. The van der Waals surface area contributed by atoms with Crippen LogP contribution < -0.4 is 10.2 Å². The van der Waals surface area contributed by atoms with Crippen LogP contribution in [0.5, 0.6) is 0 Å². The number of benzene rings is 1. The van der Waals surface area contributed by atoms with Gasteiger partial charge in [-0.15, -0.1) is 6.42 Å². The number of nitrogens with one attached hydrogen (secondary N) is 1. The van der Waals surface area contributed by atoms with Crippen LogP contribution in [0.2, 0.25) is 0 Å². The molecule has 1 aliphatic heterocycles. The van der Waals surface area contributed by atoms with E-state index in [0.29, 0.717) is 12.6 Å². The third-order valence-corrected chi connectivity index (χ3v) is 3.90. The van der Waals surface area contributed by atoms with Crippen molar-refractivity contribution in [3.63, 3.8) is 0 Å². The van der Waals surface area contributed by atoms with Crippen molar-refractivity contribution in [2.45, 2.75) is 12.6 Å². The predicted octanol–water partition coefficient (Wildman–Crippen LogP) is 1.70. The number of anilines is 1.